The summed E-state index contributed by atoms with van der Waals surface area (Å²) >= 11 is 0. The highest BCUT2D eigenvalue weighted by Gasteiger charge is 2.55. The first-order valence-electron chi connectivity index (χ1n) is 12.1. The van der Waals surface area contributed by atoms with E-state index < -0.39 is 47.5 Å². The van der Waals surface area contributed by atoms with Gasteiger partial charge in [-0.3, -0.25) is 19.4 Å². The van der Waals surface area contributed by atoms with Crippen molar-refractivity contribution in [1.29, 1.82) is 0 Å². The Balaban J connectivity index is 1.63. The van der Waals surface area contributed by atoms with Gasteiger partial charge in [0.1, 0.15) is 23.5 Å². The molecule has 10 nitrogen and oxygen atoms in total. The summed E-state index contributed by atoms with van der Waals surface area (Å²) in [5.41, 5.74) is 6.38. The van der Waals surface area contributed by atoms with Crippen LogP contribution in [-0.2, 0) is 23.1 Å². The summed E-state index contributed by atoms with van der Waals surface area (Å²) in [5.74, 6) is -2.80. The van der Waals surface area contributed by atoms with E-state index in [9.17, 15) is 23.2 Å². The second-order valence-corrected chi connectivity index (χ2v) is 9.27. The van der Waals surface area contributed by atoms with E-state index >= 15 is 0 Å². The van der Waals surface area contributed by atoms with Gasteiger partial charge in [-0.15, -0.1) is 0 Å². The van der Waals surface area contributed by atoms with E-state index in [4.69, 9.17) is 5.73 Å². The van der Waals surface area contributed by atoms with Gasteiger partial charge in [0.05, 0.1) is 12.0 Å². The quantitative estimate of drug-likeness (QED) is 0.457. The zero-order valence-electron chi connectivity index (χ0n) is 21.5. The summed E-state index contributed by atoms with van der Waals surface area (Å²) < 4.78 is 30.2. The zero-order chi connectivity index (χ0) is 27.7. The van der Waals surface area contributed by atoms with Gasteiger partial charge in [-0.05, 0) is 43.5 Å². The number of nitrogens with two attached hydrogens (primary N) is 1. The Labute approximate surface area is 218 Å². The summed E-state index contributed by atoms with van der Waals surface area (Å²) in [6.45, 7) is 3.02. The van der Waals surface area contributed by atoms with Crippen molar-refractivity contribution in [3.05, 3.63) is 71.2 Å². The van der Waals surface area contributed by atoms with Crippen molar-refractivity contribution < 1.29 is 23.2 Å². The van der Waals surface area contributed by atoms with Crippen LogP contribution < -0.4 is 16.0 Å². The molecule has 0 spiro atoms. The standard InChI is InChI=1S/C26H29F2N7O3/c1-5-19(16-6-7-18(27)14(2)21(16)28)32-26(38)35-22(24(37)34(4)25-31-10-11-33(25)3)17(23(35)36)12-15-8-9-30-20(29)13-15/h6-11,13,17,19,22H,5,12H2,1-4H3,(H2,29,30)(H,32,38)/t17-,19-,22+/m1/s1. The minimum atomic E-state index is -1.14. The number of hydrogen-bond donors (Lipinski definition) is 2. The molecule has 1 aliphatic heterocycles. The molecule has 3 atom stereocenters. The molecule has 200 valence electrons. The van der Waals surface area contributed by atoms with E-state index in [0.717, 1.165) is 11.0 Å². The molecule has 1 aromatic carbocycles. The number of likely N-dealkylation sites (N-methyl/N-ethyl adjacent to an activating group) is 1. The maximum absolute atomic E-state index is 14.8. The molecular weight excluding hydrogens is 496 g/mol. The average molecular weight is 526 g/mol. The van der Waals surface area contributed by atoms with Crippen molar-refractivity contribution in [1.82, 2.24) is 24.8 Å². The molecule has 0 bridgehead atoms. The maximum atomic E-state index is 14.8. The molecule has 3 aromatic rings. The number of imidazole rings is 1. The van der Waals surface area contributed by atoms with E-state index in [1.54, 1.807) is 36.9 Å². The number of nitrogen functional groups attached to an aromatic ring is 1. The lowest BCUT2D eigenvalue weighted by atomic mass is 9.81. The van der Waals surface area contributed by atoms with Crippen molar-refractivity contribution in [2.45, 2.75) is 38.8 Å². The van der Waals surface area contributed by atoms with Crippen molar-refractivity contribution in [3.63, 3.8) is 0 Å². The number of pyridine rings is 1. The highest BCUT2D eigenvalue weighted by Crippen LogP contribution is 2.33. The van der Waals surface area contributed by atoms with Gasteiger partial charge < -0.3 is 15.6 Å². The number of anilines is 2. The van der Waals surface area contributed by atoms with Crippen LogP contribution in [-0.4, -0.2) is 50.4 Å². The lowest BCUT2D eigenvalue weighted by Crippen LogP contribution is -2.70. The van der Waals surface area contributed by atoms with E-state index in [1.807, 2.05) is 0 Å². The van der Waals surface area contributed by atoms with Gasteiger partial charge in [0, 0.05) is 43.8 Å². The van der Waals surface area contributed by atoms with E-state index in [0.29, 0.717) is 11.5 Å². The normalized spacial score (nSPS) is 17.6. The molecule has 0 unspecified atom stereocenters. The Morgan fingerprint density at radius 1 is 1.21 bits per heavy atom. The van der Waals surface area contributed by atoms with Crippen molar-refractivity contribution in [2.24, 2.45) is 13.0 Å². The molecule has 38 heavy (non-hydrogen) atoms. The highest BCUT2D eigenvalue weighted by atomic mass is 19.1. The maximum Gasteiger partial charge on any atom is 0.325 e. The number of urea groups is 1. The predicted octanol–water partition coefficient (Wildman–Crippen LogP) is 2.88. The number of rotatable bonds is 7. The van der Waals surface area contributed by atoms with Crippen LogP contribution in [0, 0.1) is 24.5 Å². The van der Waals surface area contributed by atoms with Gasteiger partial charge in [-0.2, -0.15) is 0 Å². The smallest absolute Gasteiger partial charge is 0.325 e. The second kappa shape index (κ2) is 10.6. The fourth-order valence-corrected chi connectivity index (χ4v) is 4.68. The van der Waals surface area contributed by atoms with Crippen LogP contribution in [0.2, 0.25) is 0 Å². The number of nitrogens with one attached hydrogen (secondary N) is 1. The third-order valence-corrected chi connectivity index (χ3v) is 6.84. The highest BCUT2D eigenvalue weighted by molar-refractivity contribution is 6.12. The molecule has 0 radical (unpaired) electrons. The van der Waals surface area contributed by atoms with Gasteiger partial charge in [-0.25, -0.2) is 23.5 Å². The molecule has 12 heteroatoms. The number of nitrogens with zero attached hydrogens (tertiary/aromatic N) is 5. The number of aromatic nitrogens is 3. The van der Waals surface area contributed by atoms with Crippen LogP contribution in [0.5, 0.6) is 0 Å². The molecule has 1 fully saturated rings. The SMILES string of the molecule is CC[C@@H](NC(=O)N1C(=O)[C@H](Cc2ccnc(N)c2)[C@H]1C(=O)N(C)c1nccn1C)c1ccc(F)c(C)c1F. The number of imide groups is 1. The Hall–Kier alpha value is -4.35. The zero-order valence-corrected chi connectivity index (χ0v) is 21.5. The Morgan fingerprint density at radius 2 is 1.95 bits per heavy atom. The number of benzene rings is 1. The molecule has 4 rings (SSSR count). The third kappa shape index (κ3) is 4.81. The first-order valence-corrected chi connectivity index (χ1v) is 12.1. The summed E-state index contributed by atoms with van der Waals surface area (Å²) in [7, 11) is 3.22. The van der Waals surface area contributed by atoms with Crippen LogP contribution in [0.15, 0.2) is 42.9 Å². The first-order chi connectivity index (χ1) is 18.0. The summed E-state index contributed by atoms with van der Waals surface area (Å²) in [6, 6.07) is 2.84. The number of likely N-dealkylation sites (tertiary alicyclic amines) is 1. The van der Waals surface area contributed by atoms with Gasteiger partial charge in [-0.1, -0.05) is 13.0 Å². The van der Waals surface area contributed by atoms with Crippen molar-refractivity contribution in [2.75, 3.05) is 17.7 Å². The fraction of sp³-hybridized carbons (Fsp3) is 0.346. The van der Waals surface area contributed by atoms with Gasteiger partial charge in [0.25, 0.3) is 5.91 Å². The number of amides is 4. The third-order valence-electron chi connectivity index (χ3n) is 6.84. The van der Waals surface area contributed by atoms with Crippen LogP contribution in [0.4, 0.5) is 25.3 Å². The topological polar surface area (TPSA) is 126 Å². The van der Waals surface area contributed by atoms with Crippen LogP contribution in [0.3, 0.4) is 0 Å². The molecule has 1 saturated heterocycles. The van der Waals surface area contributed by atoms with Gasteiger partial charge in [0.15, 0.2) is 0 Å². The van der Waals surface area contributed by atoms with E-state index in [2.05, 4.69) is 15.3 Å². The molecule has 4 amide bonds. The van der Waals surface area contributed by atoms with E-state index in [-0.39, 0.29) is 29.8 Å². The minimum Gasteiger partial charge on any atom is -0.384 e. The van der Waals surface area contributed by atoms with Gasteiger partial charge >= 0.3 is 6.03 Å². The number of carbonyl (C=O) groups is 3. The molecule has 1 aliphatic rings. The molecule has 3 N–H and O–H groups in total. The molecular formula is C26H29F2N7O3. The lowest BCUT2D eigenvalue weighted by Gasteiger charge is -2.45. The number of aryl methyl sites for hydroxylation is 1. The second-order valence-electron chi connectivity index (χ2n) is 9.27. The Morgan fingerprint density at radius 3 is 2.58 bits per heavy atom. The van der Waals surface area contributed by atoms with Crippen molar-refractivity contribution >= 4 is 29.6 Å². The fourth-order valence-electron chi connectivity index (χ4n) is 4.68. The summed E-state index contributed by atoms with van der Waals surface area (Å²) in [5, 5.41) is 2.65. The number of hydrogen-bond acceptors (Lipinski definition) is 6. The van der Waals surface area contributed by atoms with Crippen LogP contribution in [0.25, 0.3) is 0 Å². The number of carbonyl (C=O) groups excluding carboxylic acids is 3. The number of β-lactam (4-membered cyclic amide) rings is 1. The average Bonchev–Trinajstić information content (AvgIpc) is 3.32. The first kappa shape index (κ1) is 26.7. The summed E-state index contributed by atoms with van der Waals surface area (Å²) in [6.07, 6.45) is 5.11. The largest absolute Gasteiger partial charge is 0.384 e. The van der Waals surface area contributed by atoms with Gasteiger partial charge in [0.2, 0.25) is 11.9 Å². The van der Waals surface area contributed by atoms with Crippen molar-refractivity contribution in [3.8, 4) is 0 Å². The summed E-state index contributed by atoms with van der Waals surface area (Å²) in [4.78, 5) is 50.5. The van der Waals surface area contributed by atoms with E-state index in [1.165, 1.54) is 37.3 Å². The Bertz CT molecular complexity index is 1390. The minimum absolute atomic E-state index is 0.0875. The Kier molecular flexibility index (Phi) is 7.42. The number of halogens is 2. The predicted molar refractivity (Wildman–Crippen MR) is 136 cm³/mol. The van der Waals surface area contributed by atoms with Crippen LogP contribution >= 0.6 is 0 Å². The molecule has 3 heterocycles. The monoisotopic (exact) mass is 525 g/mol. The molecule has 0 aliphatic carbocycles. The molecule has 2 aromatic heterocycles. The van der Waals surface area contributed by atoms with Crippen LogP contribution in [0.1, 0.15) is 36.1 Å². The lowest BCUT2D eigenvalue weighted by molar-refractivity contribution is -0.156. The molecule has 0 saturated carbocycles.